The van der Waals surface area contributed by atoms with Gasteiger partial charge in [-0.15, -0.1) is 6.42 Å². The van der Waals surface area contributed by atoms with Gasteiger partial charge in [-0.2, -0.15) is 0 Å². The quantitative estimate of drug-likeness (QED) is 0.511. The minimum atomic E-state index is -0.846. The molecule has 1 heterocycles. The van der Waals surface area contributed by atoms with Gasteiger partial charge in [0, 0.05) is 7.11 Å². The fourth-order valence-corrected chi connectivity index (χ4v) is 1.29. The Kier molecular flexibility index (Phi) is 3.06. The van der Waals surface area contributed by atoms with Crippen molar-refractivity contribution >= 4 is 0 Å². The van der Waals surface area contributed by atoms with Crippen LogP contribution in [0.1, 0.15) is 0 Å². The van der Waals surface area contributed by atoms with Gasteiger partial charge >= 0.3 is 0 Å². The number of aliphatic hydroxyl groups excluding tert-OH is 2. The number of aliphatic hydroxyl groups is 2. The molecular formula is C8H12O4. The average Bonchev–Trinajstić information content (AvgIpc) is 2.41. The Morgan fingerprint density at radius 1 is 1.67 bits per heavy atom. The summed E-state index contributed by atoms with van der Waals surface area (Å²) >= 11 is 0. The number of ether oxygens (including phenoxy) is 2. The summed E-state index contributed by atoms with van der Waals surface area (Å²) < 4.78 is 10.0. The minimum absolute atomic E-state index is 0.251. The Morgan fingerprint density at radius 2 is 2.33 bits per heavy atom. The summed E-state index contributed by atoms with van der Waals surface area (Å²) in [6, 6.07) is 0. The molecule has 0 aromatic rings. The Hall–Kier alpha value is -0.600. The first kappa shape index (κ1) is 9.49. The lowest BCUT2D eigenvalue weighted by Crippen LogP contribution is -2.35. The molecule has 0 aliphatic carbocycles. The molecule has 0 amide bonds. The molecule has 4 heteroatoms. The van der Waals surface area contributed by atoms with E-state index >= 15 is 0 Å². The topological polar surface area (TPSA) is 58.9 Å². The fraction of sp³-hybridized carbons (Fsp3) is 0.750. The summed E-state index contributed by atoms with van der Waals surface area (Å²) in [6.45, 7) is -0.251. The zero-order valence-electron chi connectivity index (χ0n) is 6.80. The largest absolute Gasteiger partial charge is 0.394 e. The predicted molar refractivity (Wildman–Crippen MR) is 41.4 cm³/mol. The van der Waals surface area contributed by atoms with Crippen molar-refractivity contribution in [2.24, 2.45) is 0 Å². The number of rotatable bonds is 2. The van der Waals surface area contributed by atoms with Crippen molar-refractivity contribution in [3.05, 3.63) is 0 Å². The van der Waals surface area contributed by atoms with Crippen LogP contribution in [0, 0.1) is 12.3 Å². The van der Waals surface area contributed by atoms with Crippen molar-refractivity contribution in [2.45, 2.75) is 24.4 Å². The normalized spacial score (nSPS) is 41.2. The molecule has 0 radical (unpaired) electrons. The molecule has 1 saturated heterocycles. The first-order chi connectivity index (χ1) is 5.74. The molecule has 0 unspecified atom stereocenters. The molecule has 1 aliphatic heterocycles. The van der Waals surface area contributed by atoms with Gasteiger partial charge in [0.15, 0.2) is 0 Å². The van der Waals surface area contributed by atoms with E-state index in [1.165, 1.54) is 7.11 Å². The lowest BCUT2D eigenvalue weighted by atomic mass is 10.1. The van der Waals surface area contributed by atoms with Gasteiger partial charge in [0.2, 0.25) is 0 Å². The second-order valence-electron chi connectivity index (χ2n) is 2.64. The molecule has 1 aliphatic rings. The molecule has 0 bridgehead atoms. The molecule has 0 saturated carbocycles. The van der Waals surface area contributed by atoms with Gasteiger partial charge in [0.25, 0.3) is 0 Å². The zero-order valence-corrected chi connectivity index (χ0v) is 6.80. The maximum Gasteiger partial charge on any atom is 0.147 e. The van der Waals surface area contributed by atoms with Crippen molar-refractivity contribution in [1.82, 2.24) is 0 Å². The van der Waals surface area contributed by atoms with Gasteiger partial charge in [-0.1, -0.05) is 5.92 Å². The van der Waals surface area contributed by atoms with Gasteiger partial charge in [0.1, 0.15) is 24.4 Å². The Balaban J connectivity index is 2.66. The Labute approximate surface area is 71.1 Å². The smallest absolute Gasteiger partial charge is 0.147 e. The third kappa shape index (κ3) is 1.45. The molecule has 12 heavy (non-hydrogen) atoms. The third-order valence-corrected chi connectivity index (χ3v) is 1.95. The predicted octanol–water partition coefficient (Wildman–Crippen LogP) is -1.24. The van der Waals surface area contributed by atoms with E-state index in [4.69, 9.17) is 21.0 Å². The van der Waals surface area contributed by atoms with E-state index in [0.717, 1.165) is 0 Å². The first-order valence-electron chi connectivity index (χ1n) is 3.68. The molecule has 4 atom stereocenters. The molecule has 1 fully saturated rings. The van der Waals surface area contributed by atoms with Crippen molar-refractivity contribution in [3.8, 4) is 12.3 Å². The van der Waals surface area contributed by atoms with Crippen molar-refractivity contribution in [1.29, 1.82) is 0 Å². The monoisotopic (exact) mass is 172 g/mol. The summed E-state index contributed by atoms with van der Waals surface area (Å²) in [5.74, 6) is 2.34. The molecule has 68 valence electrons. The first-order valence-corrected chi connectivity index (χ1v) is 3.68. The van der Waals surface area contributed by atoms with Gasteiger partial charge in [0.05, 0.1) is 6.61 Å². The maximum atomic E-state index is 9.44. The summed E-state index contributed by atoms with van der Waals surface area (Å²) in [4.78, 5) is 0. The van der Waals surface area contributed by atoms with Crippen LogP contribution in [0.25, 0.3) is 0 Å². The maximum absolute atomic E-state index is 9.44. The second-order valence-corrected chi connectivity index (χ2v) is 2.64. The van der Waals surface area contributed by atoms with Gasteiger partial charge in [-0.25, -0.2) is 0 Å². The van der Waals surface area contributed by atoms with Crippen LogP contribution < -0.4 is 0 Å². The van der Waals surface area contributed by atoms with Crippen molar-refractivity contribution in [2.75, 3.05) is 13.7 Å². The lowest BCUT2D eigenvalue weighted by molar-refractivity contribution is -0.0149. The van der Waals surface area contributed by atoms with E-state index in [-0.39, 0.29) is 6.61 Å². The highest BCUT2D eigenvalue weighted by Crippen LogP contribution is 2.22. The summed E-state index contributed by atoms with van der Waals surface area (Å²) in [7, 11) is 1.45. The SMILES string of the molecule is C#C[C@@H]1O[C@H](CO)[C@@H](O)[C@H]1OC. The van der Waals surface area contributed by atoms with Crippen molar-refractivity contribution in [3.63, 3.8) is 0 Å². The number of hydrogen-bond donors (Lipinski definition) is 2. The highest BCUT2D eigenvalue weighted by Gasteiger charge is 2.42. The van der Waals surface area contributed by atoms with E-state index < -0.39 is 24.4 Å². The van der Waals surface area contributed by atoms with E-state index in [1.54, 1.807) is 0 Å². The van der Waals surface area contributed by atoms with Crippen LogP contribution in [-0.4, -0.2) is 48.3 Å². The molecule has 0 aromatic carbocycles. The summed E-state index contributed by atoms with van der Waals surface area (Å²) in [5, 5.41) is 18.2. The molecule has 1 rings (SSSR count). The summed E-state index contributed by atoms with van der Waals surface area (Å²) in [5.41, 5.74) is 0. The Bertz CT molecular complexity index is 186. The van der Waals surface area contributed by atoms with Crippen LogP contribution in [-0.2, 0) is 9.47 Å². The molecule has 0 spiro atoms. The highest BCUT2D eigenvalue weighted by molar-refractivity contribution is 5.07. The van der Waals surface area contributed by atoms with E-state index in [9.17, 15) is 5.11 Å². The second kappa shape index (κ2) is 3.87. The Morgan fingerprint density at radius 3 is 2.67 bits per heavy atom. The van der Waals surface area contributed by atoms with E-state index in [1.807, 2.05) is 0 Å². The van der Waals surface area contributed by atoms with Gasteiger partial charge in [-0.3, -0.25) is 0 Å². The number of hydrogen-bond acceptors (Lipinski definition) is 4. The summed E-state index contributed by atoms with van der Waals surface area (Å²) in [6.07, 6.45) is 2.55. The van der Waals surface area contributed by atoms with Gasteiger partial charge in [-0.05, 0) is 0 Å². The van der Waals surface area contributed by atoms with Crippen LogP contribution in [0.4, 0.5) is 0 Å². The molecule has 0 aromatic heterocycles. The minimum Gasteiger partial charge on any atom is -0.394 e. The van der Waals surface area contributed by atoms with Crippen LogP contribution in [0.3, 0.4) is 0 Å². The molecule has 4 nitrogen and oxygen atoms in total. The average molecular weight is 172 g/mol. The van der Waals surface area contributed by atoms with Crippen molar-refractivity contribution < 1.29 is 19.7 Å². The number of methoxy groups -OCH3 is 1. The molecular weight excluding hydrogens is 160 g/mol. The van der Waals surface area contributed by atoms with Crippen LogP contribution in [0.2, 0.25) is 0 Å². The lowest BCUT2D eigenvalue weighted by Gasteiger charge is -2.14. The van der Waals surface area contributed by atoms with Gasteiger partial charge < -0.3 is 19.7 Å². The highest BCUT2D eigenvalue weighted by atomic mass is 16.6. The fourth-order valence-electron chi connectivity index (χ4n) is 1.29. The standard InChI is InChI=1S/C8H12O4/c1-3-5-8(11-2)7(10)6(4-9)12-5/h1,5-10H,4H2,2H3/t5-,6+,7+,8-/m0/s1. The van der Waals surface area contributed by atoms with E-state index in [2.05, 4.69) is 5.92 Å². The zero-order chi connectivity index (χ0) is 9.14. The van der Waals surface area contributed by atoms with Crippen LogP contribution in [0.5, 0.6) is 0 Å². The molecule has 2 N–H and O–H groups in total. The van der Waals surface area contributed by atoms with E-state index in [0.29, 0.717) is 0 Å². The van der Waals surface area contributed by atoms with Crippen LogP contribution in [0.15, 0.2) is 0 Å². The number of terminal acetylenes is 1. The third-order valence-electron chi connectivity index (χ3n) is 1.95. The van der Waals surface area contributed by atoms with Crippen LogP contribution >= 0.6 is 0 Å².